The molecule has 2 heterocycles. The monoisotopic (exact) mass is 438 g/mol. The number of aliphatic hydroxyl groups is 2. The zero-order valence-corrected chi connectivity index (χ0v) is 18.4. The Kier molecular flexibility index (Phi) is 7.53. The summed E-state index contributed by atoms with van der Waals surface area (Å²) in [7, 11) is 3.13. The van der Waals surface area contributed by atoms with E-state index in [9.17, 15) is 29.4 Å². The fourth-order valence-corrected chi connectivity index (χ4v) is 4.30. The van der Waals surface area contributed by atoms with Crippen molar-refractivity contribution >= 4 is 23.6 Å². The predicted molar refractivity (Wildman–Crippen MR) is 111 cm³/mol. The van der Waals surface area contributed by atoms with Crippen LogP contribution < -0.4 is 0 Å². The second-order valence-electron chi connectivity index (χ2n) is 9.06. The van der Waals surface area contributed by atoms with E-state index in [4.69, 9.17) is 0 Å². The molecule has 0 aromatic heterocycles. The van der Waals surface area contributed by atoms with Crippen LogP contribution in [0.2, 0.25) is 0 Å². The molecule has 0 radical (unpaired) electrons. The highest BCUT2D eigenvalue weighted by atomic mass is 16.3. The van der Waals surface area contributed by atoms with Crippen molar-refractivity contribution in [2.75, 3.05) is 53.4 Å². The number of carbonyl (C=O) groups excluding carboxylic acids is 4. The van der Waals surface area contributed by atoms with Crippen LogP contribution in [0, 0.1) is 11.8 Å². The van der Waals surface area contributed by atoms with Crippen LogP contribution in [0.25, 0.3) is 0 Å². The van der Waals surface area contributed by atoms with E-state index >= 15 is 0 Å². The number of amides is 4. The summed E-state index contributed by atoms with van der Waals surface area (Å²) < 4.78 is 0. The van der Waals surface area contributed by atoms with Crippen LogP contribution in [0.5, 0.6) is 0 Å². The number of carbonyl (C=O) groups is 4. The minimum absolute atomic E-state index is 0.0402. The molecule has 10 nitrogen and oxygen atoms in total. The highest BCUT2D eigenvalue weighted by Gasteiger charge is 2.50. The molecule has 0 aromatic carbocycles. The van der Waals surface area contributed by atoms with Gasteiger partial charge in [-0.2, -0.15) is 0 Å². The predicted octanol–water partition coefficient (Wildman–Crippen LogP) is -1.49. The number of nitrogens with zero attached hydrogens (tertiary/aromatic N) is 4. The van der Waals surface area contributed by atoms with Gasteiger partial charge in [-0.1, -0.05) is 0 Å². The second kappa shape index (κ2) is 9.95. The highest BCUT2D eigenvalue weighted by Crippen LogP contribution is 2.41. The average molecular weight is 439 g/mol. The average Bonchev–Trinajstić information content (AvgIpc) is 3.54. The van der Waals surface area contributed by atoms with Gasteiger partial charge >= 0.3 is 0 Å². The first-order chi connectivity index (χ1) is 14.7. The van der Waals surface area contributed by atoms with Crippen molar-refractivity contribution in [3.05, 3.63) is 0 Å². The fourth-order valence-electron chi connectivity index (χ4n) is 4.30. The maximum atomic E-state index is 12.7. The molecule has 3 rings (SSSR count). The molecule has 1 aliphatic carbocycles. The molecule has 0 bridgehead atoms. The van der Waals surface area contributed by atoms with E-state index in [2.05, 4.69) is 0 Å². The van der Waals surface area contributed by atoms with Gasteiger partial charge in [0.05, 0.1) is 37.1 Å². The maximum absolute atomic E-state index is 12.7. The van der Waals surface area contributed by atoms with Crippen molar-refractivity contribution in [3.8, 4) is 0 Å². The highest BCUT2D eigenvalue weighted by molar-refractivity contribution is 5.95. The summed E-state index contributed by atoms with van der Waals surface area (Å²) in [6, 6.07) is 0. The molecule has 4 amide bonds. The van der Waals surface area contributed by atoms with Crippen molar-refractivity contribution in [2.24, 2.45) is 11.8 Å². The third-order valence-corrected chi connectivity index (χ3v) is 6.56. The van der Waals surface area contributed by atoms with Crippen molar-refractivity contribution in [3.63, 3.8) is 0 Å². The molecule has 2 unspecified atom stereocenters. The van der Waals surface area contributed by atoms with Gasteiger partial charge in [-0.3, -0.25) is 19.2 Å². The number of hydrogen-bond donors (Lipinski definition) is 2. The van der Waals surface area contributed by atoms with Gasteiger partial charge in [0.25, 0.3) is 0 Å². The number of likely N-dealkylation sites (N-methyl/N-ethyl adjacent to an activating group) is 2. The van der Waals surface area contributed by atoms with Crippen molar-refractivity contribution in [1.29, 1.82) is 0 Å². The van der Waals surface area contributed by atoms with Crippen LogP contribution in [0.4, 0.5) is 0 Å². The fraction of sp³-hybridized carbons (Fsp3) is 0.810. The molecule has 10 heteroatoms. The Morgan fingerprint density at radius 2 is 1.03 bits per heavy atom. The third-order valence-electron chi connectivity index (χ3n) is 6.56. The quantitative estimate of drug-likeness (QED) is 0.521. The van der Waals surface area contributed by atoms with Gasteiger partial charge in [0, 0.05) is 40.3 Å². The van der Waals surface area contributed by atoms with Gasteiger partial charge in [-0.05, 0) is 32.1 Å². The first-order valence-corrected chi connectivity index (χ1v) is 11.1. The molecule has 2 aliphatic heterocycles. The standard InChI is InChI=1S/C21H34N4O6/c1-22(12-18(28)24-7-3-14(26)4-8-24)20(30)16-11-17(16)21(31)23(2)13-19(29)25-9-5-15(27)6-10-25/h14-17,26-27H,3-13H2,1-2H3. The van der Waals surface area contributed by atoms with Crippen LogP contribution in [0.15, 0.2) is 0 Å². The van der Waals surface area contributed by atoms with Crippen molar-refractivity contribution in [1.82, 2.24) is 19.6 Å². The summed E-state index contributed by atoms with van der Waals surface area (Å²) >= 11 is 0. The normalized spacial score (nSPS) is 24.6. The van der Waals surface area contributed by atoms with E-state index < -0.39 is 11.8 Å². The van der Waals surface area contributed by atoms with Crippen LogP contribution in [0.1, 0.15) is 32.1 Å². The Bertz CT molecular complexity index is 642. The molecular weight excluding hydrogens is 404 g/mol. The minimum Gasteiger partial charge on any atom is -0.393 e. The summed E-state index contributed by atoms with van der Waals surface area (Å²) in [5.74, 6) is -1.66. The molecule has 31 heavy (non-hydrogen) atoms. The molecule has 0 aromatic rings. The lowest BCUT2D eigenvalue weighted by Gasteiger charge is -2.31. The second-order valence-corrected chi connectivity index (χ2v) is 9.06. The molecule has 3 aliphatic rings. The summed E-state index contributed by atoms with van der Waals surface area (Å²) in [6.45, 7) is 1.87. The zero-order chi connectivity index (χ0) is 22.7. The molecule has 174 valence electrons. The lowest BCUT2D eigenvalue weighted by molar-refractivity contribution is -0.143. The summed E-state index contributed by atoms with van der Waals surface area (Å²) in [4.78, 5) is 56.2. The molecule has 2 N–H and O–H groups in total. The van der Waals surface area contributed by atoms with E-state index in [0.717, 1.165) is 0 Å². The lowest BCUT2D eigenvalue weighted by atomic mass is 10.1. The Hall–Kier alpha value is -2.20. The number of piperidine rings is 2. The number of hydrogen-bond acceptors (Lipinski definition) is 6. The van der Waals surface area contributed by atoms with E-state index in [1.807, 2.05) is 0 Å². The molecule has 2 atom stereocenters. The van der Waals surface area contributed by atoms with E-state index in [1.54, 1.807) is 23.9 Å². The Balaban J connectivity index is 1.42. The minimum atomic E-state index is -0.448. The summed E-state index contributed by atoms with van der Waals surface area (Å²) in [6.07, 6.45) is 1.88. The van der Waals surface area contributed by atoms with E-state index in [1.165, 1.54) is 9.80 Å². The Morgan fingerprint density at radius 3 is 1.35 bits per heavy atom. The lowest BCUT2D eigenvalue weighted by Crippen LogP contribution is -2.46. The SMILES string of the molecule is CN(CC(=O)N1CCC(O)CC1)C(=O)C1CC1C(=O)N(C)CC(=O)N1CCC(O)CC1. The largest absolute Gasteiger partial charge is 0.393 e. The van der Waals surface area contributed by atoms with Gasteiger partial charge in [0.2, 0.25) is 23.6 Å². The van der Waals surface area contributed by atoms with Crippen LogP contribution in [-0.4, -0.2) is 119 Å². The van der Waals surface area contributed by atoms with Gasteiger partial charge < -0.3 is 29.8 Å². The molecular formula is C21H34N4O6. The number of likely N-dealkylation sites (tertiary alicyclic amines) is 2. The van der Waals surface area contributed by atoms with Crippen LogP contribution in [0.3, 0.4) is 0 Å². The van der Waals surface area contributed by atoms with E-state index in [0.29, 0.717) is 58.3 Å². The Labute approximate surface area is 182 Å². The number of aliphatic hydroxyl groups excluding tert-OH is 2. The van der Waals surface area contributed by atoms with Gasteiger partial charge in [-0.25, -0.2) is 0 Å². The van der Waals surface area contributed by atoms with Gasteiger partial charge in [-0.15, -0.1) is 0 Å². The molecule has 1 saturated carbocycles. The van der Waals surface area contributed by atoms with Crippen molar-refractivity contribution < 1.29 is 29.4 Å². The summed E-state index contributed by atoms with van der Waals surface area (Å²) in [5.41, 5.74) is 0. The van der Waals surface area contributed by atoms with Crippen molar-refractivity contribution in [2.45, 2.75) is 44.3 Å². The Morgan fingerprint density at radius 1 is 0.710 bits per heavy atom. The zero-order valence-electron chi connectivity index (χ0n) is 18.4. The third kappa shape index (κ3) is 5.94. The topological polar surface area (TPSA) is 122 Å². The molecule has 2 saturated heterocycles. The summed E-state index contributed by atoms with van der Waals surface area (Å²) in [5, 5.41) is 19.1. The number of rotatable bonds is 6. The van der Waals surface area contributed by atoms with Gasteiger partial charge in [0.15, 0.2) is 0 Å². The van der Waals surface area contributed by atoms with E-state index in [-0.39, 0.29) is 48.9 Å². The van der Waals surface area contributed by atoms with Crippen LogP contribution in [-0.2, 0) is 19.2 Å². The maximum Gasteiger partial charge on any atom is 0.242 e. The smallest absolute Gasteiger partial charge is 0.242 e. The van der Waals surface area contributed by atoms with Crippen LogP contribution >= 0.6 is 0 Å². The first-order valence-electron chi connectivity index (χ1n) is 11.1. The molecule has 0 spiro atoms. The molecule has 3 fully saturated rings. The van der Waals surface area contributed by atoms with Gasteiger partial charge in [0.1, 0.15) is 0 Å². The first kappa shape index (κ1) is 23.5.